The molecule has 0 atom stereocenters. The normalized spacial score (nSPS) is 11.8. The largest absolute Gasteiger partial charge is 0.423 e. The number of aryl methyl sites for hydroxylation is 1. The summed E-state index contributed by atoms with van der Waals surface area (Å²) in [5, 5.41) is 1.02. The van der Waals surface area contributed by atoms with Gasteiger partial charge < -0.3 is 13.7 Å². The molecule has 0 unspecified atom stereocenters. The average molecular weight is 454 g/mol. The van der Waals surface area contributed by atoms with Crippen LogP contribution in [0.15, 0.2) is 71.8 Å². The fourth-order valence-corrected chi connectivity index (χ4v) is 5.23. The summed E-state index contributed by atoms with van der Waals surface area (Å²) in [4.78, 5) is 26.2. The Balaban J connectivity index is 1.80. The predicted octanol–water partition coefficient (Wildman–Crippen LogP) is 4.03. The summed E-state index contributed by atoms with van der Waals surface area (Å²) in [7, 11) is -4.09. The lowest BCUT2D eigenvalue weighted by atomic mass is 10.1. The molecule has 4 rings (SSSR count). The Morgan fingerprint density at radius 3 is 2.34 bits per heavy atom. The van der Waals surface area contributed by atoms with Crippen molar-refractivity contribution in [2.24, 2.45) is 0 Å². The monoisotopic (exact) mass is 453 g/mol. The molecule has 0 saturated carbocycles. The Bertz CT molecular complexity index is 1540. The zero-order chi connectivity index (χ0) is 23.0. The van der Waals surface area contributed by atoms with Gasteiger partial charge in [-0.05, 0) is 56.7 Å². The molecule has 0 aliphatic carbocycles. The Hall–Kier alpha value is -3.39. The smallest absolute Gasteiger partial charge is 0.355 e. The van der Waals surface area contributed by atoms with Gasteiger partial charge in [-0.15, -0.1) is 0 Å². The van der Waals surface area contributed by atoms with Crippen molar-refractivity contribution in [3.8, 4) is 0 Å². The van der Waals surface area contributed by atoms with E-state index in [2.05, 4.69) is 4.90 Å². The van der Waals surface area contributed by atoms with Crippen LogP contribution in [0, 0.1) is 6.92 Å². The van der Waals surface area contributed by atoms with Gasteiger partial charge in [0, 0.05) is 41.7 Å². The summed E-state index contributed by atoms with van der Waals surface area (Å²) in [6, 6.07) is 13.0. The second-order valence-electron chi connectivity index (χ2n) is 7.64. The Morgan fingerprint density at radius 2 is 1.62 bits per heavy atom. The zero-order valence-corrected chi connectivity index (χ0v) is 18.9. The van der Waals surface area contributed by atoms with E-state index in [1.165, 1.54) is 6.07 Å². The van der Waals surface area contributed by atoms with Crippen molar-refractivity contribution in [1.29, 1.82) is 0 Å². The maximum atomic E-state index is 13.2. The van der Waals surface area contributed by atoms with E-state index in [1.807, 2.05) is 26.8 Å². The van der Waals surface area contributed by atoms with Crippen molar-refractivity contribution in [2.75, 3.05) is 18.0 Å². The topological polar surface area (TPSA) is 97.8 Å². The van der Waals surface area contributed by atoms with E-state index in [0.29, 0.717) is 21.9 Å². The van der Waals surface area contributed by atoms with Gasteiger partial charge in [0.2, 0.25) is 0 Å². The van der Waals surface area contributed by atoms with Crippen LogP contribution in [-0.2, 0) is 15.6 Å². The fraction of sp³-hybridized carbons (Fsp3) is 0.250. The van der Waals surface area contributed by atoms with Gasteiger partial charge in [0.25, 0.3) is 0 Å². The lowest BCUT2D eigenvalue weighted by Gasteiger charge is -2.21. The van der Waals surface area contributed by atoms with Crippen LogP contribution in [0.25, 0.3) is 21.9 Å². The fourth-order valence-electron chi connectivity index (χ4n) is 3.83. The molecule has 0 fully saturated rings. The summed E-state index contributed by atoms with van der Waals surface area (Å²) in [6.45, 7) is 7.48. The van der Waals surface area contributed by atoms with E-state index in [9.17, 15) is 18.0 Å². The summed E-state index contributed by atoms with van der Waals surface area (Å²) < 4.78 is 36.9. The minimum Gasteiger partial charge on any atom is -0.423 e. The van der Waals surface area contributed by atoms with Gasteiger partial charge in [-0.3, -0.25) is 0 Å². The number of hydrogen-bond acceptors (Lipinski definition) is 7. The second kappa shape index (κ2) is 8.27. The quantitative estimate of drug-likeness (QED) is 0.407. The lowest BCUT2D eigenvalue weighted by molar-refractivity contribution is 0.532. The van der Waals surface area contributed by atoms with Gasteiger partial charge in [0.05, 0.1) is 5.75 Å². The number of rotatable bonds is 6. The Morgan fingerprint density at radius 1 is 0.875 bits per heavy atom. The first-order valence-electron chi connectivity index (χ1n) is 10.3. The van der Waals surface area contributed by atoms with Crippen LogP contribution in [-0.4, -0.2) is 21.5 Å². The molecule has 2 heterocycles. The lowest BCUT2D eigenvalue weighted by Crippen LogP contribution is -2.21. The minimum absolute atomic E-state index is 0.274. The van der Waals surface area contributed by atoms with Crippen molar-refractivity contribution in [3.05, 3.63) is 80.5 Å². The molecule has 4 aromatic rings. The predicted molar refractivity (Wildman–Crippen MR) is 124 cm³/mol. The highest BCUT2D eigenvalue weighted by Crippen LogP contribution is 2.26. The number of hydrogen-bond donors (Lipinski definition) is 0. The average Bonchev–Trinajstić information content (AvgIpc) is 2.74. The van der Waals surface area contributed by atoms with Crippen molar-refractivity contribution in [1.82, 2.24) is 0 Å². The maximum Gasteiger partial charge on any atom is 0.355 e. The van der Waals surface area contributed by atoms with E-state index >= 15 is 0 Å². The molecule has 0 bridgehead atoms. The van der Waals surface area contributed by atoms with E-state index in [-0.39, 0.29) is 5.56 Å². The van der Waals surface area contributed by atoms with Crippen LogP contribution >= 0.6 is 0 Å². The molecule has 166 valence electrons. The molecule has 0 amide bonds. The molecule has 32 heavy (non-hydrogen) atoms. The van der Waals surface area contributed by atoms with Crippen molar-refractivity contribution >= 4 is 37.5 Å². The number of benzene rings is 2. The van der Waals surface area contributed by atoms with Crippen LogP contribution in [0.5, 0.6) is 0 Å². The van der Waals surface area contributed by atoms with Gasteiger partial charge in [-0.2, -0.15) is 0 Å². The zero-order valence-electron chi connectivity index (χ0n) is 18.0. The van der Waals surface area contributed by atoms with E-state index in [0.717, 1.165) is 30.4 Å². The summed E-state index contributed by atoms with van der Waals surface area (Å²) in [5.41, 5.74) is 1.08. The van der Waals surface area contributed by atoms with Crippen molar-refractivity contribution in [2.45, 2.75) is 31.4 Å². The molecule has 2 aromatic carbocycles. The second-order valence-corrected chi connectivity index (χ2v) is 9.60. The summed E-state index contributed by atoms with van der Waals surface area (Å²) in [6.07, 6.45) is 0. The molecule has 0 saturated heterocycles. The Kier molecular flexibility index (Phi) is 5.64. The van der Waals surface area contributed by atoms with E-state index in [1.54, 1.807) is 30.3 Å². The van der Waals surface area contributed by atoms with Crippen LogP contribution in [0.2, 0.25) is 0 Å². The molecular weight excluding hydrogens is 430 g/mol. The van der Waals surface area contributed by atoms with Gasteiger partial charge in [-0.25, -0.2) is 18.0 Å². The standard InChI is InChI=1S/C24H23NO6S/c1-4-25(5-2)18-8-7-16-11-22(24(27)31-21(16)13-18)32(28,29)14-17-12-23(26)30-20-9-6-15(3)10-19(17)20/h6-13H,4-5,14H2,1-3H3. The molecule has 2 aromatic heterocycles. The van der Waals surface area contributed by atoms with E-state index < -0.39 is 31.7 Å². The molecular formula is C24H23NO6S. The Labute approximate surface area is 184 Å². The highest BCUT2D eigenvalue weighted by atomic mass is 32.2. The minimum atomic E-state index is -4.09. The molecule has 0 aliphatic heterocycles. The molecule has 0 radical (unpaired) electrons. The molecule has 0 spiro atoms. The number of anilines is 1. The third kappa shape index (κ3) is 4.05. The van der Waals surface area contributed by atoms with Gasteiger partial charge in [-0.1, -0.05) is 11.6 Å². The number of fused-ring (bicyclic) bond motifs is 2. The highest BCUT2D eigenvalue weighted by molar-refractivity contribution is 7.90. The molecule has 0 aliphatic rings. The van der Waals surface area contributed by atoms with Crippen LogP contribution < -0.4 is 16.2 Å². The highest BCUT2D eigenvalue weighted by Gasteiger charge is 2.23. The van der Waals surface area contributed by atoms with Gasteiger partial charge >= 0.3 is 11.3 Å². The number of nitrogens with zero attached hydrogens (tertiary/aromatic N) is 1. The summed E-state index contributed by atoms with van der Waals surface area (Å²) in [5.74, 6) is -0.521. The number of sulfone groups is 1. The van der Waals surface area contributed by atoms with Crippen molar-refractivity contribution in [3.63, 3.8) is 0 Å². The first-order chi connectivity index (χ1) is 15.2. The van der Waals surface area contributed by atoms with Gasteiger partial charge in [0.15, 0.2) is 14.7 Å². The third-order valence-corrected chi connectivity index (χ3v) is 7.13. The first-order valence-corrected chi connectivity index (χ1v) is 12.0. The molecule has 8 heteroatoms. The molecule has 0 N–H and O–H groups in total. The summed E-state index contributed by atoms with van der Waals surface area (Å²) >= 11 is 0. The SMILES string of the molecule is CCN(CC)c1ccc2cc(S(=O)(=O)Cc3cc(=O)oc4ccc(C)cc34)c(=O)oc2c1. The van der Waals surface area contributed by atoms with E-state index in [4.69, 9.17) is 8.83 Å². The van der Waals surface area contributed by atoms with Crippen LogP contribution in [0.3, 0.4) is 0 Å². The van der Waals surface area contributed by atoms with Crippen LogP contribution in [0.4, 0.5) is 5.69 Å². The maximum absolute atomic E-state index is 13.2. The third-order valence-electron chi connectivity index (χ3n) is 5.48. The van der Waals surface area contributed by atoms with Gasteiger partial charge in [0.1, 0.15) is 11.2 Å². The molecule has 7 nitrogen and oxygen atoms in total. The first kappa shape index (κ1) is 21.8. The van der Waals surface area contributed by atoms with Crippen LogP contribution in [0.1, 0.15) is 25.0 Å². The van der Waals surface area contributed by atoms with Crippen molar-refractivity contribution < 1.29 is 17.3 Å².